The van der Waals surface area contributed by atoms with E-state index in [4.69, 9.17) is 10.2 Å². The van der Waals surface area contributed by atoms with Crippen molar-refractivity contribution < 1.29 is 53.4 Å². The van der Waals surface area contributed by atoms with Crippen molar-refractivity contribution in [3.63, 3.8) is 0 Å². The number of benzene rings is 2. The highest BCUT2D eigenvalue weighted by atomic mass is 16.4. The van der Waals surface area contributed by atoms with Gasteiger partial charge in [-0.15, -0.1) is 0 Å². The van der Waals surface area contributed by atoms with E-state index in [1.165, 1.54) is 24.3 Å². The molecule has 0 aliphatic heterocycles. The van der Waals surface area contributed by atoms with Gasteiger partial charge in [-0.2, -0.15) is 0 Å². The fraction of sp³-hybridized carbons (Fsp3) is 0.222. The Labute approximate surface area is 213 Å². The average Bonchev–Trinajstić information content (AvgIpc) is 3.28. The lowest BCUT2D eigenvalue weighted by molar-refractivity contribution is -0.139. The van der Waals surface area contributed by atoms with Gasteiger partial charge in [0.1, 0.15) is 11.8 Å². The summed E-state index contributed by atoms with van der Waals surface area (Å²) in [6, 6.07) is 7.23. The Morgan fingerprint density at radius 2 is 0.868 bits per heavy atom. The summed E-state index contributed by atoms with van der Waals surface area (Å²) >= 11 is 0. The van der Waals surface area contributed by atoms with Crippen LogP contribution in [0, 0.1) is 11.8 Å². The summed E-state index contributed by atoms with van der Waals surface area (Å²) in [4.78, 5) is 110. The maximum atomic E-state index is 13.2. The van der Waals surface area contributed by atoms with Crippen LogP contribution in [0.2, 0.25) is 0 Å². The van der Waals surface area contributed by atoms with Gasteiger partial charge in [0.15, 0.2) is 40.5 Å². The first-order valence-corrected chi connectivity index (χ1v) is 11.4. The van der Waals surface area contributed by atoms with E-state index in [9.17, 15) is 43.2 Å². The highest BCUT2D eigenvalue weighted by molar-refractivity contribution is 6.37. The molecular formula is C27H18O11. The number of fused-ring (bicyclic) bond motifs is 2. The van der Waals surface area contributed by atoms with Crippen LogP contribution >= 0.6 is 0 Å². The van der Waals surface area contributed by atoms with Gasteiger partial charge in [-0.1, -0.05) is 12.1 Å². The van der Waals surface area contributed by atoms with Crippen LogP contribution in [-0.2, 0) is 19.2 Å². The van der Waals surface area contributed by atoms with E-state index in [1.54, 1.807) is 0 Å². The van der Waals surface area contributed by atoms with Crippen molar-refractivity contribution >= 4 is 52.4 Å². The molecule has 2 atom stereocenters. The van der Waals surface area contributed by atoms with Gasteiger partial charge < -0.3 is 10.2 Å². The Bertz CT molecular complexity index is 1400. The minimum atomic E-state index is -1.67. The first kappa shape index (κ1) is 26.1. The number of rotatable bonds is 10. The van der Waals surface area contributed by atoms with Crippen molar-refractivity contribution in [2.24, 2.45) is 11.8 Å². The minimum absolute atomic E-state index is 0.0469. The molecule has 0 heterocycles. The Morgan fingerprint density at radius 3 is 1.21 bits per heavy atom. The van der Waals surface area contributed by atoms with Crippen molar-refractivity contribution in [2.75, 3.05) is 0 Å². The quantitative estimate of drug-likeness (QED) is 0.344. The summed E-state index contributed by atoms with van der Waals surface area (Å²) in [6.07, 6.45) is -2.08. The molecule has 11 heteroatoms. The standard InChI is InChI=1S/C27H18O11/c28-17(5-7-19(30)31)21-24(35)13-3-1-11(9-15(13)26(21)37)23(34)12-2-4-14-16(10-12)27(38)22(25(14)36)18(29)6-8-20(32)33/h1-4,9-10,21-22H,5-8H2,(H,30,31)(H,32,33). The molecule has 2 unspecified atom stereocenters. The normalized spacial score (nSPS) is 17.8. The van der Waals surface area contributed by atoms with Gasteiger partial charge in [0.05, 0.1) is 12.8 Å². The summed E-state index contributed by atoms with van der Waals surface area (Å²) in [6.45, 7) is 0. The second kappa shape index (κ2) is 9.85. The van der Waals surface area contributed by atoms with Gasteiger partial charge in [-0.25, -0.2) is 0 Å². The van der Waals surface area contributed by atoms with Crippen LogP contribution in [-0.4, -0.2) is 62.6 Å². The Morgan fingerprint density at radius 1 is 0.526 bits per heavy atom. The molecule has 11 nitrogen and oxygen atoms in total. The first-order chi connectivity index (χ1) is 17.9. The third kappa shape index (κ3) is 4.49. The zero-order chi connectivity index (χ0) is 27.9. The summed E-state index contributed by atoms with van der Waals surface area (Å²) in [5, 5.41) is 17.5. The summed E-state index contributed by atoms with van der Waals surface area (Å²) in [5.41, 5.74) is -0.559. The summed E-state index contributed by atoms with van der Waals surface area (Å²) < 4.78 is 0. The van der Waals surface area contributed by atoms with Gasteiger partial charge in [-0.05, 0) is 24.3 Å². The largest absolute Gasteiger partial charge is 0.481 e. The van der Waals surface area contributed by atoms with Crippen molar-refractivity contribution in [2.45, 2.75) is 25.7 Å². The Balaban J connectivity index is 1.58. The first-order valence-electron chi connectivity index (χ1n) is 11.4. The summed E-state index contributed by atoms with van der Waals surface area (Å²) in [5.74, 6) is -11.4. The predicted molar refractivity (Wildman–Crippen MR) is 124 cm³/mol. The van der Waals surface area contributed by atoms with Crippen LogP contribution in [0.15, 0.2) is 36.4 Å². The topological polar surface area (TPSA) is 194 Å². The fourth-order valence-electron chi connectivity index (χ4n) is 4.57. The second-order valence-corrected chi connectivity index (χ2v) is 8.89. The molecular weight excluding hydrogens is 500 g/mol. The monoisotopic (exact) mass is 518 g/mol. The maximum absolute atomic E-state index is 13.2. The highest BCUT2D eigenvalue weighted by Gasteiger charge is 2.44. The van der Waals surface area contributed by atoms with Crippen molar-refractivity contribution in [1.29, 1.82) is 0 Å². The number of carboxylic acids is 2. The molecule has 2 aromatic carbocycles. The van der Waals surface area contributed by atoms with Gasteiger partial charge in [0, 0.05) is 46.2 Å². The maximum Gasteiger partial charge on any atom is 0.303 e. The van der Waals surface area contributed by atoms with E-state index in [-0.39, 0.29) is 33.4 Å². The molecule has 4 rings (SSSR count). The van der Waals surface area contributed by atoms with E-state index in [2.05, 4.69) is 0 Å². The molecule has 2 aliphatic carbocycles. The molecule has 0 saturated carbocycles. The third-order valence-electron chi connectivity index (χ3n) is 6.49. The predicted octanol–water partition coefficient (Wildman–Crippen LogP) is 1.78. The van der Waals surface area contributed by atoms with E-state index in [0.29, 0.717) is 0 Å². The molecule has 2 N–H and O–H groups in total. The minimum Gasteiger partial charge on any atom is -0.481 e. The van der Waals surface area contributed by atoms with Crippen LogP contribution in [0.1, 0.15) is 83.0 Å². The molecule has 0 saturated heterocycles. The van der Waals surface area contributed by atoms with Gasteiger partial charge in [0.25, 0.3) is 0 Å². The molecule has 2 aromatic rings. The van der Waals surface area contributed by atoms with Crippen LogP contribution < -0.4 is 0 Å². The highest BCUT2D eigenvalue weighted by Crippen LogP contribution is 2.32. The number of ketones is 7. The zero-order valence-electron chi connectivity index (χ0n) is 19.5. The molecule has 0 aromatic heterocycles. The van der Waals surface area contributed by atoms with E-state index < -0.39 is 89.9 Å². The van der Waals surface area contributed by atoms with Crippen molar-refractivity contribution in [1.82, 2.24) is 0 Å². The molecule has 0 amide bonds. The summed E-state index contributed by atoms with van der Waals surface area (Å²) in [7, 11) is 0. The Hall–Kier alpha value is -4.93. The lowest BCUT2D eigenvalue weighted by atomic mass is 9.95. The van der Waals surface area contributed by atoms with Crippen LogP contribution in [0.5, 0.6) is 0 Å². The lowest BCUT2D eigenvalue weighted by Crippen LogP contribution is -2.26. The number of carbonyl (C=O) groups excluding carboxylic acids is 7. The smallest absolute Gasteiger partial charge is 0.303 e. The molecule has 192 valence electrons. The average molecular weight is 518 g/mol. The van der Waals surface area contributed by atoms with Crippen molar-refractivity contribution in [3.8, 4) is 0 Å². The molecule has 2 aliphatic rings. The molecule has 38 heavy (non-hydrogen) atoms. The lowest BCUT2D eigenvalue weighted by Gasteiger charge is -2.05. The number of aliphatic carboxylic acids is 2. The van der Waals surface area contributed by atoms with Crippen molar-refractivity contribution in [3.05, 3.63) is 69.8 Å². The number of hydrogen-bond donors (Lipinski definition) is 2. The van der Waals surface area contributed by atoms with E-state index >= 15 is 0 Å². The number of carboxylic acid groups (broad SMARTS) is 2. The van der Waals surface area contributed by atoms with Gasteiger partial charge in [-0.3, -0.25) is 43.2 Å². The van der Waals surface area contributed by atoms with Crippen LogP contribution in [0.25, 0.3) is 0 Å². The SMILES string of the molecule is O=C(O)CCC(=O)C1C(=O)c2ccc(C(=O)c3ccc4c(c3)C(=O)C(C(=O)CCC(=O)O)C4=O)cc2C1=O. The molecule has 0 radical (unpaired) electrons. The number of hydrogen-bond acceptors (Lipinski definition) is 9. The number of carbonyl (C=O) groups is 9. The molecule has 0 fully saturated rings. The van der Waals surface area contributed by atoms with Crippen LogP contribution in [0.4, 0.5) is 0 Å². The van der Waals surface area contributed by atoms with Crippen LogP contribution in [0.3, 0.4) is 0 Å². The van der Waals surface area contributed by atoms with E-state index in [1.807, 2.05) is 0 Å². The Kier molecular flexibility index (Phi) is 6.77. The van der Waals surface area contributed by atoms with Gasteiger partial charge in [0.2, 0.25) is 0 Å². The zero-order valence-corrected chi connectivity index (χ0v) is 19.5. The third-order valence-corrected chi connectivity index (χ3v) is 6.49. The second-order valence-electron chi connectivity index (χ2n) is 8.89. The fourth-order valence-corrected chi connectivity index (χ4v) is 4.57. The van der Waals surface area contributed by atoms with Gasteiger partial charge >= 0.3 is 11.9 Å². The molecule has 0 spiro atoms. The number of Topliss-reactive ketones (excluding diaryl/α,β-unsaturated/α-hetero) is 6. The van der Waals surface area contributed by atoms with E-state index in [0.717, 1.165) is 12.1 Å². The molecule has 0 bridgehead atoms.